The molecule has 0 aliphatic carbocycles. The van der Waals surface area contributed by atoms with Crippen LogP contribution in [0.4, 0.5) is 5.69 Å². The molecule has 1 N–H and O–H groups in total. The van der Waals surface area contributed by atoms with Crippen molar-refractivity contribution in [1.82, 2.24) is 15.2 Å². The number of fused-ring (bicyclic) bond motifs is 1. The first-order valence-corrected chi connectivity index (χ1v) is 10.9. The number of piperidine rings is 1. The number of anilines is 1. The maximum Gasteiger partial charge on any atom is 0.260 e. The maximum atomic E-state index is 13.1. The Morgan fingerprint density at radius 2 is 2.10 bits per heavy atom. The molecule has 1 saturated heterocycles. The second kappa shape index (κ2) is 8.96. The van der Waals surface area contributed by atoms with Crippen molar-refractivity contribution in [3.63, 3.8) is 0 Å². The lowest BCUT2D eigenvalue weighted by atomic mass is 10.0. The van der Waals surface area contributed by atoms with Gasteiger partial charge in [-0.1, -0.05) is 18.6 Å². The molecule has 2 amide bonds. The van der Waals surface area contributed by atoms with Crippen LogP contribution in [-0.2, 0) is 4.79 Å². The number of hydrogen-bond acceptors (Lipinski definition) is 4. The summed E-state index contributed by atoms with van der Waals surface area (Å²) in [6.07, 6.45) is 5.65. The van der Waals surface area contributed by atoms with E-state index in [-0.39, 0.29) is 24.3 Å². The van der Waals surface area contributed by atoms with Crippen LogP contribution in [0.25, 0.3) is 0 Å². The molecule has 2 aliphatic heterocycles. The second-order valence-corrected chi connectivity index (χ2v) is 8.40. The Labute approximate surface area is 178 Å². The zero-order chi connectivity index (χ0) is 21.1. The van der Waals surface area contributed by atoms with E-state index in [1.807, 2.05) is 31.2 Å². The summed E-state index contributed by atoms with van der Waals surface area (Å²) in [5.74, 6) is -0.141. The number of carbonyl (C=O) groups excluding carboxylic acids is 2. The van der Waals surface area contributed by atoms with Crippen LogP contribution in [-0.4, -0.2) is 47.4 Å². The summed E-state index contributed by atoms with van der Waals surface area (Å²) < 4.78 is 0. The standard InChI is InChI=1S/C24H30N4O2/c1-17-7-5-9-19(15-17)28-21(23-20(24(28)30)10-6-11-26-23)16-22(29)25-12-14-27-13-4-3-8-18(27)2/h5-7,9-11,15,18,21H,3-4,8,12-14,16H2,1-2H3,(H,25,29)/t18-,21-/m1/s1. The summed E-state index contributed by atoms with van der Waals surface area (Å²) in [7, 11) is 0. The molecule has 30 heavy (non-hydrogen) atoms. The highest BCUT2D eigenvalue weighted by Gasteiger charge is 2.39. The van der Waals surface area contributed by atoms with Gasteiger partial charge in [0.2, 0.25) is 5.91 Å². The minimum Gasteiger partial charge on any atom is -0.355 e. The second-order valence-electron chi connectivity index (χ2n) is 8.40. The predicted molar refractivity (Wildman–Crippen MR) is 117 cm³/mol. The van der Waals surface area contributed by atoms with Crippen LogP contribution in [0.1, 0.15) is 60.3 Å². The van der Waals surface area contributed by atoms with Crippen LogP contribution in [0.15, 0.2) is 42.6 Å². The normalized spacial score (nSPS) is 21.5. The number of pyridine rings is 1. The monoisotopic (exact) mass is 406 g/mol. The molecule has 4 rings (SSSR count). The first kappa shape index (κ1) is 20.5. The number of nitrogens with one attached hydrogen (secondary N) is 1. The first-order valence-electron chi connectivity index (χ1n) is 10.9. The fraction of sp³-hybridized carbons (Fsp3) is 0.458. The quantitative estimate of drug-likeness (QED) is 0.798. The van der Waals surface area contributed by atoms with Crippen molar-refractivity contribution in [2.24, 2.45) is 0 Å². The van der Waals surface area contributed by atoms with E-state index in [2.05, 4.69) is 22.1 Å². The Bertz CT molecular complexity index is 929. The molecule has 0 bridgehead atoms. The highest BCUT2D eigenvalue weighted by atomic mass is 16.2. The number of nitrogens with zero attached hydrogens (tertiary/aromatic N) is 3. The third-order valence-corrected chi connectivity index (χ3v) is 6.24. The van der Waals surface area contributed by atoms with Crippen molar-refractivity contribution in [3.05, 3.63) is 59.4 Å². The largest absolute Gasteiger partial charge is 0.355 e. The van der Waals surface area contributed by atoms with Gasteiger partial charge < -0.3 is 5.32 Å². The van der Waals surface area contributed by atoms with Crippen molar-refractivity contribution in [3.8, 4) is 0 Å². The molecule has 6 heteroatoms. The Morgan fingerprint density at radius 1 is 1.23 bits per heavy atom. The summed E-state index contributed by atoms with van der Waals surface area (Å²) in [5.41, 5.74) is 3.14. The zero-order valence-electron chi connectivity index (χ0n) is 17.8. The minimum atomic E-state index is -0.385. The summed E-state index contributed by atoms with van der Waals surface area (Å²) in [6.45, 7) is 6.86. The van der Waals surface area contributed by atoms with Gasteiger partial charge in [-0.15, -0.1) is 0 Å². The highest BCUT2D eigenvalue weighted by Crippen LogP contribution is 2.38. The molecule has 1 aromatic carbocycles. The number of amides is 2. The predicted octanol–water partition coefficient (Wildman–Crippen LogP) is 3.47. The Balaban J connectivity index is 1.46. The SMILES string of the molecule is Cc1cccc(N2C(=O)c3cccnc3[C@H]2CC(=O)NCCN2CCCC[C@H]2C)c1. The smallest absolute Gasteiger partial charge is 0.260 e. The molecule has 1 fully saturated rings. The number of benzene rings is 1. The zero-order valence-corrected chi connectivity index (χ0v) is 17.8. The highest BCUT2D eigenvalue weighted by molar-refractivity contribution is 6.11. The van der Waals surface area contributed by atoms with E-state index in [1.54, 1.807) is 23.2 Å². The van der Waals surface area contributed by atoms with E-state index in [0.717, 1.165) is 24.3 Å². The Hall–Kier alpha value is -2.73. The fourth-order valence-electron chi connectivity index (χ4n) is 4.60. The van der Waals surface area contributed by atoms with E-state index in [4.69, 9.17) is 0 Å². The Kier molecular flexibility index (Phi) is 6.13. The van der Waals surface area contributed by atoms with Gasteiger partial charge in [-0.3, -0.25) is 24.4 Å². The fourth-order valence-corrected chi connectivity index (χ4v) is 4.60. The van der Waals surface area contributed by atoms with Crippen molar-refractivity contribution in [2.45, 2.75) is 51.6 Å². The minimum absolute atomic E-state index is 0.0476. The van der Waals surface area contributed by atoms with Crippen LogP contribution in [0.2, 0.25) is 0 Å². The Morgan fingerprint density at radius 3 is 2.90 bits per heavy atom. The molecule has 2 atom stereocenters. The first-order chi connectivity index (χ1) is 14.5. The van der Waals surface area contributed by atoms with Crippen LogP contribution < -0.4 is 10.2 Å². The van der Waals surface area contributed by atoms with Gasteiger partial charge in [-0.05, 0) is 63.1 Å². The van der Waals surface area contributed by atoms with E-state index in [9.17, 15) is 9.59 Å². The van der Waals surface area contributed by atoms with Gasteiger partial charge in [-0.2, -0.15) is 0 Å². The van der Waals surface area contributed by atoms with Crippen molar-refractivity contribution < 1.29 is 9.59 Å². The maximum absolute atomic E-state index is 13.1. The number of aromatic nitrogens is 1. The topological polar surface area (TPSA) is 65.5 Å². The average Bonchev–Trinajstić information content (AvgIpc) is 3.01. The van der Waals surface area contributed by atoms with Crippen molar-refractivity contribution in [1.29, 1.82) is 0 Å². The van der Waals surface area contributed by atoms with Gasteiger partial charge in [0.05, 0.1) is 23.7 Å². The molecule has 0 spiro atoms. The van der Waals surface area contributed by atoms with Crippen molar-refractivity contribution in [2.75, 3.05) is 24.5 Å². The lowest BCUT2D eigenvalue weighted by molar-refractivity contribution is -0.121. The lowest BCUT2D eigenvalue weighted by Crippen LogP contribution is -2.43. The molecule has 2 aliphatic rings. The molecule has 0 radical (unpaired) electrons. The van der Waals surface area contributed by atoms with E-state index < -0.39 is 0 Å². The van der Waals surface area contributed by atoms with Gasteiger partial charge in [0.25, 0.3) is 5.91 Å². The molecule has 2 aromatic rings. The van der Waals surface area contributed by atoms with Crippen LogP contribution in [0.3, 0.4) is 0 Å². The summed E-state index contributed by atoms with van der Waals surface area (Å²) >= 11 is 0. The molecule has 3 heterocycles. The van der Waals surface area contributed by atoms with Gasteiger partial charge in [0.15, 0.2) is 0 Å². The van der Waals surface area contributed by atoms with Crippen LogP contribution >= 0.6 is 0 Å². The van der Waals surface area contributed by atoms with Gasteiger partial charge in [-0.25, -0.2) is 0 Å². The number of rotatable bonds is 6. The molecule has 158 valence electrons. The molecule has 0 saturated carbocycles. The van der Waals surface area contributed by atoms with E-state index in [0.29, 0.717) is 23.8 Å². The van der Waals surface area contributed by atoms with Crippen LogP contribution in [0, 0.1) is 6.92 Å². The third kappa shape index (κ3) is 4.24. The third-order valence-electron chi connectivity index (χ3n) is 6.24. The lowest BCUT2D eigenvalue weighted by Gasteiger charge is -2.33. The van der Waals surface area contributed by atoms with Gasteiger partial charge in [0.1, 0.15) is 0 Å². The van der Waals surface area contributed by atoms with Crippen LogP contribution in [0.5, 0.6) is 0 Å². The number of aryl methyl sites for hydroxylation is 1. The number of likely N-dealkylation sites (tertiary alicyclic amines) is 1. The average molecular weight is 407 g/mol. The molecular weight excluding hydrogens is 376 g/mol. The molecule has 6 nitrogen and oxygen atoms in total. The summed E-state index contributed by atoms with van der Waals surface area (Å²) in [5, 5.41) is 3.06. The summed E-state index contributed by atoms with van der Waals surface area (Å²) in [4.78, 5) is 34.5. The molecule has 1 aromatic heterocycles. The summed E-state index contributed by atoms with van der Waals surface area (Å²) in [6, 6.07) is 11.6. The number of hydrogen-bond donors (Lipinski definition) is 1. The van der Waals surface area contributed by atoms with E-state index >= 15 is 0 Å². The van der Waals surface area contributed by atoms with Gasteiger partial charge >= 0.3 is 0 Å². The molecular formula is C24H30N4O2. The van der Waals surface area contributed by atoms with Gasteiger partial charge in [0, 0.05) is 31.0 Å². The molecule has 0 unspecified atom stereocenters. The van der Waals surface area contributed by atoms with E-state index in [1.165, 1.54) is 19.3 Å². The van der Waals surface area contributed by atoms with Crippen molar-refractivity contribution >= 4 is 17.5 Å². The number of carbonyl (C=O) groups is 2.